The summed E-state index contributed by atoms with van der Waals surface area (Å²) in [6.07, 6.45) is 1.77. The monoisotopic (exact) mass is 362 g/mol. The van der Waals surface area contributed by atoms with Crippen molar-refractivity contribution in [2.24, 2.45) is 0 Å². The molecule has 25 heavy (non-hydrogen) atoms. The fraction of sp³-hybridized carbons (Fsp3) is 0.316. The topological polar surface area (TPSA) is 50.4 Å². The zero-order chi connectivity index (χ0) is 17.8. The Balaban J connectivity index is 1.50. The van der Waals surface area contributed by atoms with Gasteiger partial charge in [0, 0.05) is 31.3 Å². The van der Waals surface area contributed by atoms with Gasteiger partial charge in [0.05, 0.1) is 5.02 Å². The zero-order valence-corrected chi connectivity index (χ0v) is 14.7. The van der Waals surface area contributed by atoms with Crippen molar-refractivity contribution in [3.63, 3.8) is 0 Å². The number of hydrogen-bond donors (Lipinski definition) is 2. The number of aryl methyl sites for hydroxylation is 1. The van der Waals surface area contributed by atoms with Crippen molar-refractivity contribution < 1.29 is 13.9 Å². The average Bonchev–Trinajstić information content (AvgIpc) is 2.94. The number of ether oxygens (including phenoxy) is 1. The van der Waals surface area contributed by atoms with Gasteiger partial charge in [0.15, 0.2) is 0 Å². The Labute approximate surface area is 151 Å². The zero-order valence-electron chi connectivity index (χ0n) is 13.9. The van der Waals surface area contributed by atoms with Gasteiger partial charge in [-0.2, -0.15) is 0 Å². The standard InChI is InChI=1S/C19H20ClFN2O2/c1-12(24)23-14-3-2-4-15(10-14)25-8-7-22-19-6-5-13-9-18(21)17(20)11-16(13)19/h2-4,9-11,19,22H,5-8H2,1H3,(H,23,24). The van der Waals surface area contributed by atoms with Crippen LogP contribution in [-0.4, -0.2) is 19.1 Å². The van der Waals surface area contributed by atoms with E-state index in [1.165, 1.54) is 13.0 Å². The van der Waals surface area contributed by atoms with Gasteiger partial charge in [0.1, 0.15) is 18.2 Å². The van der Waals surface area contributed by atoms with Crippen molar-refractivity contribution in [1.29, 1.82) is 0 Å². The van der Waals surface area contributed by atoms with E-state index in [-0.39, 0.29) is 22.8 Å². The van der Waals surface area contributed by atoms with Crippen molar-refractivity contribution in [3.8, 4) is 5.75 Å². The molecule has 0 aliphatic heterocycles. The molecule has 1 aliphatic carbocycles. The fourth-order valence-electron chi connectivity index (χ4n) is 3.08. The van der Waals surface area contributed by atoms with Gasteiger partial charge in [-0.1, -0.05) is 17.7 Å². The molecule has 1 amide bonds. The van der Waals surface area contributed by atoms with Crippen LogP contribution in [0.25, 0.3) is 0 Å². The number of carbonyl (C=O) groups is 1. The van der Waals surface area contributed by atoms with E-state index in [1.807, 2.05) is 18.2 Å². The molecule has 0 bridgehead atoms. The van der Waals surface area contributed by atoms with Crippen molar-refractivity contribution >= 4 is 23.2 Å². The van der Waals surface area contributed by atoms with Crippen LogP contribution in [0.15, 0.2) is 36.4 Å². The molecule has 0 heterocycles. The summed E-state index contributed by atoms with van der Waals surface area (Å²) in [7, 11) is 0. The molecule has 2 aromatic rings. The number of hydrogen-bond acceptors (Lipinski definition) is 3. The second-order valence-electron chi connectivity index (χ2n) is 6.07. The number of benzene rings is 2. The maximum absolute atomic E-state index is 13.5. The number of rotatable bonds is 6. The first-order valence-corrected chi connectivity index (χ1v) is 8.62. The Hall–Kier alpha value is -2.11. The Morgan fingerprint density at radius 1 is 1.36 bits per heavy atom. The number of anilines is 1. The average molecular weight is 363 g/mol. The number of nitrogens with one attached hydrogen (secondary N) is 2. The molecular formula is C19H20ClFN2O2. The highest BCUT2D eigenvalue weighted by molar-refractivity contribution is 6.30. The molecule has 1 unspecified atom stereocenters. The summed E-state index contributed by atoms with van der Waals surface area (Å²) in [6, 6.07) is 10.7. The molecule has 0 fully saturated rings. The van der Waals surface area contributed by atoms with E-state index in [1.54, 1.807) is 12.1 Å². The van der Waals surface area contributed by atoms with Crippen molar-refractivity contribution in [2.45, 2.75) is 25.8 Å². The van der Waals surface area contributed by atoms with Crippen molar-refractivity contribution in [1.82, 2.24) is 5.32 Å². The third-order valence-electron chi connectivity index (χ3n) is 4.18. The second kappa shape index (κ2) is 7.85. The van der Waals surface area contributed by atoms with Gasteiger partial charge >= 0.3 is 0 Å². The highest BCUT2D eigenvalue weighted by Gasteiger charge is 2.23. The summed E-state index contributed by atoms with van der Waals surface area (Å²) in [5.41, 5.74) is 2.79. The molecule has 0 saturated heterocycles. The fourth-order valence-corrected chi connectivity index (χ4v) is 3.25. The van der Waals surface area contributed by atoms with Gasteiger partial charge in [-0.25, -0.2) is 4.39 Å². The lowest BCUT2D eigenvalue weighted by Crippen LogP contribution is -2.24. The molecule has 2 aromatic carbocycles. The van der Waals surface area contributed by atoms with E-state index >= 15 is 0 Å². The van der Waals surface area contributed by atoms with Gasteiger partial charge in [0.2, 0.25) is 5.91 Å². The minimum absolute atomic E-state index is 0.117. The molecule has 4 nitrogen and oxygen atoms in total. The second-order valence-corrected chi connectivity index (χ2v) is 6.48. The van der Waals surface area contributed by atoms with Crippen molar-refractivity contribution in [2.75, 3.05) is 18.5 Å². The van der Waals surface area contributed by atoms with Crippen LogP contribution in [0, 0.1) is 5.82 Å². The predicted molar refractivity (Wildman–Crippen MR) is 96.7 cm³/mol. The summed E-state index contributed by atoms with van der Waals surface area (Å²) in [5.74, 6) is 0.224. The van der Waals surface area contributed by atoms with E-state index in [2.05, 4.69) is 10.6 Å². The SMILES string of the molecule is CC(=O)Nc1cccc(OCCNC2CCc3cc(F)c(Cl)cc32)c1. The van der Waals surface area contributed by atoms with Crippen LogP contribution >= 0.6 is 11.6 Å². The normalized spacial score (nSPS) is 15.7. The van der Waals surface area contributed by atoms with E-state index < -0.39 is 0 Å². The van der Waals surface area contributed by atoms with Crippen LogP contribution in [0.1, 0.15) is 30.5 Å². The molecule has 1 aliphatic rings. The van der Waals surface area contributed by atoms with Gasteiger partial charge in [0.25, 0.3) is 0 Å². The first-order valence-electron chi connectivity index (χ1n) is 8.24. The Morgan fingerprint density at radius 2 is 2.20 bits per heavy atom. The van der Waals surface area contributed by atoms with E-state index in [4.69, 9.17) is 16.3 Å². The molecule has 0 aromatic heterocycles. The number of halogens is 2. The molecule has 3 rings (SSSR count). The molecule has 1 atom stereocenters. The number of carbonyl (C=O) groups excluding carboxylic acids is 1. The van der Waals surface area contributed by atoms with Gasteiger partial charge < -0.3 is 15.4 Å². The minimum atomic E-state index is -0.358. The molecule has 0 spiro atoms. The van der Waals surface area contributed by atoms with Crippen LogP contribution < -0.4 is 15.4 Å². The van der Waals surface area contributed by atoms with Crippen LogP contribution in [0.5, 0.6) is 5.75 Å². The lowest BCUT2D eigenvalue weighted by Gasteiger charge is -2.15. The van der Waals surface area contributed by atoms with Gasteiger partial charge in [-0.3, -0.25) is 4.79 Å². The molecule has 132 valence electrons. The summed E-state index contributed by atoms with van der Waals surface area (Å²) < 4.78 is 19.2. The Bertz CT molecular complexity index is 782. The van der Waals surface area contributed by atoms with Crippen LogP contribution in [0.2, 0.25) is 5.02 Å². The Morgan fingerprint density at radius 3 is 3.00 bits per heavy atom. The maximum Gasteiger partial charge on any atom is 0.221 e. The summed E-state index contributed by atoms with van der Waals surface area (Å²) in [4.78, 5) is 11.1. The smallest absolute Gasteiger partial charge is 0.221 e. The quantitative estimate of drug-likeness (QED) is 0.761. The third kappa shape index (κ3) is 4.50. The molecule has 2 N–H and O–H groups in total. The van der Waals surface area contributed by atoms with Gasteiger partial charge in [-0.05, 0) is 48.2 Å². The number of fused-ring (bicyclic) bond motifs is 1. The summed E-state index contributed by atoms with van der Waals surface area (Å²) in [6.45, 7) is 2.61. The van der Waals surface area contributed by atoms with E-state index in [0.717, 1.165) is 24.0 Å². The first-order chi connectivity index (χ1) is 12.0. The van der Waals surface area contributed by atoms with Crippen LogP contribution in [0.4, 0.5) is 10.1 Å². The largest absolute Gasteiger partial charge is 0.492 e. The van der Waals surface area contributed by atoms with Crippen LogP contribution in [-0.2, 0) is 11.2 Å². The van der Waals surface area contributed by atoms with Gasteiger partial charge in [-0.15, -0.1) is 0 Å². The van der Waals surface area contributed by atoms with E-state index in [9.17, 15) is 9.18 Å². The van der Waals surface area contributed by atoms with E-state index in [0.29, 0.717) is 24.6 Å². The highest BCUT2D eigenvalue weighted by atomic mass is 35.5. The molecule has 6 heteroatoms. The van der Waals surface area contributed by atoms with Crippen molar-refractivity contribution in [3.05, 3.63) is 58.4 Å². The predicted octanol–water partition coefficient (Wildman–Crippen LogP) is 4.09. The lowest BCUT2D eigenvalue weighted by atomic mass is 10.1. The number of amides is 1. The highest BCUT2D eigenvalue weighted by Crippen LogP contribution is 2.34. The molecule has 0 saturated carbocycles. The third-order valence-corrected chi connectivity index (χ3v) is 4.47. The Kier molecular flexibility index (Phi) is 5.56. The van der Waals surface area contributed by atoms with Crippen LogP contribution in [0.3, 0.4) is 0 Å². The minimum Gasteiger partial charge on any atom is -0.492 e. The molecule has 0 radical (unpaired) electrons. The maximum atomic E-state index is 13.5. The first kappa shape index (κ1) is 17.7. The lowest BCUT2D eigenvalue weighted by molar-refractivity contribution is -0.114. The summed E-state index contributed by atoms with van der Waals surface area (Å²) >= 11 is 5.89. The molecular weight excluding hydrogens is 343 g/mol. The summed E-state index contributed by atoms with van der Waals surface area (Å²) in [5, 5.41) is 6.31.